The van der Waals surface area contributed by atoms with Crippen LogP contribution in [0, 0.1) is 15.9 Å². The summed E-state index contributed by atoms with van der Waals surface area (Å²) < 4.78 is 13.6. The summed E-state index contributed by atoms with van der Waals surface area (Å²) >= 11 is 5.69. The summed E-state index contributed by atoms with van der Waals surface area (Å²) in [5.41, 5.74) is -0.811. The number of carbonyl (C=O) groups is 1. The van der Waals surface area contributed by atoms with Crippen LogP contribution in [0.2, 0.25) is 5.15 Å². The van der Waals surface area contributed by atoms with Crippen LogP contribution in [0.25, 0.3) is 0 Å². The molecule has 1 aromatic heterocycles. The van der Waals surface area contributed by atoms with E-state index in [4.69, 9.17) is 11.6 Å². The van der Waals surface area contributed by atoms with Gasteiger partial charge in [-0.15, -0.1) is 0 Å². The lowest BCUT2D eigenvalue weighted by Gasteiger charge is -2.05. The highest BCUT2D eigenvalue weighted by Crippen LogP contribution is 2.19. The number of benzene rings is 1. The van der Waals surface area contributed by atoms with Gasteiger partial charge in [0.15, 0.2) is 11.0 Å². The third-order valence-corrected chi connectivity index (χ3v) is 2.57. The topological polar surface area (TPSA) is 98.0 Å². The lowest BCUT2D eigenvalue weighted by Crippen LogP contribution is -2.15. The number of aromatic nitrogens is 2. The molecule has 0 atom stereocenters. The highest BCUT2D eigenvalue weighted by molar-refractivity contribution is 6.32. The van der Waals surface area contributed by atoms with Gasteiger partial charge < -0.3 is 5.32 Å². The minimum Gasteiger partial charge on any atom is -0.304 e. The summed E-state index contributed by atoms with van der Waals surface area (Å²) in [7, 11) is 0. The van der Waals surface area contributed by atoms with Gasteiger partial charge in [-0.3, -0.25) is 14.9 Å². The highest BCUT2D eigenvalue weighted by atomic mass is 35.5. The van der Waals surface area contributed by atoms with E-state index in [-0.39, 0.29) is 16.5 Å². The monoisotopic (exact) mass is 296 g/mol. The molecular formula is C11H6ClFN4O3. The molecule has 9 heteroatoms. The number of nitrogens with zero attached hydrogens (tertiary/aromatic N) is 3. The fourth-order valence-electron chi connectivity index (χ4n) is 1.38. The van der Waals surface area contributed by atoms with Crippen LogP contribution < -0.4 is 5.32 Å². The maximum atomic E-state index is 13.6. The Morgan fingerprint density at radius 2 is 2.05 bits per heavy atom. The van der Waals surface area contributed by atoms with E-state index in [0.29, 0.717) is 6.07 Å². The van der Waals surface area contributed by atoms with Crippen LogP contribution in [-0.4, -0.2) is 20.8 Å². The van der Waals surface area contributed by atoms with E-state index in [1.165, 1.54) is 12.4 Å². The van der Waals surface area contributed by atoms with Gasteiger partial charge in [-0.05, 0) is 6.07 Å². The van der Waals surface area contributed by atoms with Gasteiger partial charge in [-0.2, -0.15) is 0 Å². The standard InChI is InChI=1S/C11H6ClFN4O3/c12-9-10(15-4-3-14-9)16-11(18)7-2-1-6(17(19)20)5-8(7)13/h1-5H,(H,15,16,18). The Balaban J connectivity index is 2.26. The quantitative estimate of drug-likeness (QED) is 0.693. The van der Waals surface area contributed by atoms with Crippen molar-refractivity contribution < 1.29 is 14.1 Å². The molecule has 0 aliphatic heterocycles. The zero-order chi connectivity index (χ0) is 14.7. The molecule has 0 saturated heterocycles. The lowest BCUT2D eigenvalue weighted by atomic mass is 10.2. The van der Waals surface area contributed by atoms with Crippen molar-refractivity contribution in [1.82, 2.24) is 9.97 Å². The second kappa shape index (κ2) is 5.57. The smallest absolute Gasteiger partial charge is 0.272 e. The predicted octanol–water partition coefficient (Wildman–Crippen LogP) is 2.43. The Labute approximate surface area is 116 Å². The van der Waals surface area contributed by atoms with Crippen molar-refractivity contribution in [2.75, 3.05) is 5.32 Å². The van der Waals surface area contributed by atoms with Crippen molar-refractivity contribution in [2.45, 2.75) is 0 Å². The summed E-state index contributed by atoms with van der Waals surface area (Å²) in [6.45, 7) is 0. The first-order valence-corrected chi connectivity index (χ1v) is 5.58. The van der Waals surface area contributed by atoms with Gasteiger partial charge in [-0.1, -0.05) is 11.6 Å². The molecule has 1 heterocycles. The number of amides is 1. The fourth-order valence-corrected chi connectivity index (χ4v) is 1.53. The molecule has 1 N–H and O–H groups in total. The third kappa shape index (κ3) is 2.86. The molecule has 0 aliphatic carbocycles. The molecule has 2 rings (SSSR count). The number of nitro benzene ring substituents is 1. The average molecular weight is 297 g/mol. The van der Waals surface area contributed by atoms with Gasteiger partial charge in [0.2, 0.25) is 0 Å². The largest absolute Gasteiger partial charge is 0.304 e. The maximum absolute atomic E-state index is 13.6. The second-order valence-electron chi connectivity index (χ2n) is 3.57. The Morgan fingerprint density at radius 3 is 2.65 bits per heavy atom. The molecule has 0 bridgehead atoms. The first-order valence-electron chi connectivity index (χ1n) is 5.21. The molecule has 20 heavy (non-hydrogen) atoms. The molecule has 0 spiro atoms. The van der Waals surface area contributed by atoms with Gasteiger partial charge in [0.25, 0.3) is 11.6 Å². The van der Waals surface area contributed by atoms with Crippen LogP contribution in [0.15, 0.2) is 30.6 Å². The normalized spacial score (nSPS) is 10.1. The van der Waals surface area contributed by atoms with Crippen molar-refractivity contribution in [2.24, 2.45) is 0 Å². The van der Waals surface area contributed by atoms with Gasteiger partial charge in [0.1, 0.15) is 5.82 Å². The predicted molar refractivity (Wildman–Crippen MR) is 68.0 cm³/mol. The Hall–Kier alpha value is -2.61. The van der Waals surface area contributed by atoms with E-state index >= 15 is 0 Å². The lowest BCUT2D eigenvalue weighted by molar-refractivity contribution is -0.385. The van der Waals surface area contributed by atoms with Crippen LogP contribution in [0.3, 0.4) is 0 Å². The van der Waals surface area contributed by atoms with E-state index in [1.807, 2.05) is 0 Å². The number of hydrogen-bond acceptors (Lipinski definition) is 5. The zero-order valence-electron chi connectivity index (χ0n) is 9.71. The van der Waals surface area contributed by atoms with Crippen LogP contribution in [0.5, 0.6) is 0 Å². The van der Waals surface area contributed by atoms with Crippen molar-refractivity contribution in [3.05, 3.63) is 57.2 Å². The summed E-state index contributed by atoms with van der Waals surface area (Å²) in [4.78, 5) is 29.0. The molecule has 0 radical (unpaired) electrons. The van der Waals surface area contributed by atoms with Crippen LogP contribution in [-0.2, 0) is 0 Å². The van der Waals surface area contributed by atoms with Crippen LogP contribution >= 0.6 is 11.6 Å². The van der Waals surface area contributed by atoms with E-state index < -0.39 is 22.3 Å². The molecule has 0 unspecified atom stereocenters. The molecule has 2 aromatic rings. The van der Waals surface area contributed by atoms with Crippen molar-refractivity contribution in [3.8, 4) is 0 Å². The molecule has 1 aromatic carbocycles. The molecule has 102 valence electrons. The number of rotatable bonds is 3. The van der Waals surface area contributed by atoms with Gasteiger partial charge in [0.05, 0.1) is 16.6 Å². The minimum atomic E-state index is -1.02. The Bertz CT molecular complexity index is 695. The van der Waals surface area contributed by atoms with Gasteiger partial charge in [-0.25, -0.2) is 14.4 Å². The minimum absolute atomic E-state index is 0.0306. The van der Waals surface area contributed by atoms with Crippen molar-refractivity contribution in [3.63, 3.8) is 0 Å². The molecule has 7 nitrogen and oxygen atoms in total. The molecule has 0 fully saturated rings. The van der Waals surface area contributed by atoms with Gasteiger partial charge >= 0.3 is 0 Å². The maximum Gasteiger partial charge on any atom is 0.272 e. The number of carbonyl (C=O) groups excluding carboxylic acids is 1. The van der Waals surface area contributed by atoms with Crippen LogP contribution in [0.1, 0.15) is 10.4 Å². The molecule has 1 amide bonds. The third-order valence-electron chi connectivity index (χ3n) is 2.29. The first-order chi connectivity index (χ1) is 9.49. The molecular weight excluding hydrogens is 291 g/mol. The summed E-state index contributed by atoms with van der Waals surface area (Å²) in [5, 5.41) is 12.7. The zero-order valence-corrected chi connectivity index (χ0v) is 10.5. The van der Waals surface area contributed by atoms with Gasteiger partial charge in [0, 0.05) is 18.5 Å². The number of nitrogens with one attached hydrogen (secondary N) is 1. The summed E-state index contributed by atoms with van der Waals surface area (Å²) in [6.07, 6.45) is 2.62. The van der Waals surface area contributed by atoms with E-state index in [0.717, 1.165) is 12.1 Å². The Morgan fingerprint density at radius 1 is 1.35 bits per heavy atom. The van der Waals surface area contributed by atoms with Crippen molar-refractivity contribution in [1.29, 1.82) is 0 Å². The fraction of sp³-hybridized carbons (Fsp3) is 0. The number of nitro groups is 1. The van der Waals surface area contributed by atoms with Crippen LogP contribution in [0.4, 0.5) is 15.9 Å². The Kier molecular flexibility index (Phi) is 3.85. The second-order valence-corrected chi connectivity index (χ2v) is 3.93. The SMILES string of the molecule is O=C(Nc1nccnc1Cl)c1ccc([N+](=O)[O-])cc1F. The van der Waals surface area contributed by atoms with E-state index in [2.05, 4.69) is 15.3 Å². The number of hydrogen-bond donors (Lipinski definition) is 1. The number of halogens is 2. The number of anilines is 1. The number of non-ortho nitro benzene ring substituents is 1. The molecule has 0 saturated carbocycles. The molecule has 0 aliphatic rings. The highest BCUT2D eigenvalue weighted by Gasteiger charge is 2.17. The average Bonchev–Trinajstić information content (AvgIpc) is 2.41. The van der Waals surface area contributed by atoms with Crippen molar-refractivity contribution >= 4 is 29.0 Å². The summed E-state index contributed by atoms with van der Waals surface area (Å²) in [6, 6.07) is 2.69. The van der Waals surface area contributed by atoms with E-state index in [9.17, 15) is 19.3 Å². The van der Waals surface area contributed by atoms with E-state index in [1.54, 1.807) is 0 Å². The summed E-state index contributed by atoms with van der Waals surface area (Å²) in [5.74, 6) is -1.88. The first kappa shape index (κ1) is 13.8.